The molecular formula is C38H33Cl2N2O8S. The summed E-state index contributed by atoms with van der Waals surface area (Å²) in [4.78, 5) is 32.4. The minimum atomic E-state index is -1.62. The van der Waals surface area contributed by atoms with E-state index in [1.165, 1.54) is 0 Å². The third kappa shape index (κ3) is 5.67. The number of thiophene rings is 1. The van der Waals surface area contributed by atoms with Gasteiger partial charge in [-0.2, -0.15) is 0 Å². The zero-order chi connectivity index (χ0) is 35.6. The molecule has 5 aromatic rings. The second-order valence-corrected chi connectivity index (χ2v) is 14.7. The summed E-state index contributed by atoms with van der Waals surface area (Å²) in [6.45, 7) is 0.0989. The van der Waals surface area contributed by atoms with Crippen molar-refractivity contribution in [2.24, 2.45) is 0 Å². The van der Waals surface area contributed by atoms with Crippen LogP contribution in [0.1, 0.15) is 42.3 Å². The highest BCUT2D eigenvalue weighted by atomic mass is 35.5. The number of hydrogen-bond acceptors (Lipinski definition) is 9. The molecule has 0 bridgehead atoms. The van der Waals surface area contributed by atoms with Gasteiger partial charge in [-0.05, 0) is 51.6 Å². The lowest BCUT2D eigenvalue weighted by molar-refractivity contribution is -0.277. The third-order valence-electron chi connectivity index (χ3n) is 10.1. The molecule has 1 saturated heterocycles. The van der Waals surface area contributed by atoms with Gasteiger partial charge in [-0.25, -0.2) is 0 Å². The van der Waals surface area contributed by atoms with Gasteiger partial charge < -0.3 is 39.7 Å². The van der Waals surface area contributed by atoms with Gasteiger partial charge in [0.25, 0.3) is 11.8 Å². The van der Waals surface area contributed by atoms with Crippen LogP contribution in [0.2, 0.25) is 0 Å². The molecule has 263 valence electrons. The fraction of sp³-hybridized carbons (Fsp3) is 0.316. The number of aliphatic hydroxyl groups excluding tert-OH is 4. The van der Waals surface area contributed by atoms with Crippen LogP contribution in [0.4, 0.5) is 11.4 Å². The number of carbonyl (C=O) groups is 2. The lowest BCUT2D eigenvalue weighted by Crippen LogP contribution is -2.60. The Labute approximate surface area is 306 Å². The van der Waals surface area contributed by atoms with Gasteiger partial charge in [0.1, 0.15) is 30.2 Å². The van der Waals surface area contributed by atoms with Crippen molar-refractivity contribution in [1.82, 2.24) is 0 Å². The van der Waals surface area contributed by atoms with E-state index >= 15 is 0 Å². The molecule has 51 heavy (non-hydrogen) atoms. The maximum absolute atomic E-state index is 14.3. The predicted molar refractivity (Wildman–Crippen MR) is 196 cm³/mol. The van der Waals surface area contributed by atoms with Crippen LogP contribution in [0, 0.1) is 6.07 Å². The monoisotopic (exact) mass is 747 g/mol. The molecule has 1 aromatic heterocycles. The molecule has 7 atom stereocenters. The van der Waals surface area contributed by atoms with E-state index in [0.29, 0.717) is 33.3 Å². The van der Waals surface area contributed by atoms with Crippen molar-refractivity contribution in [1.29, 1.82) is 0 Å². The summed E-state index contributed by atoms with van der Waals surface area (Å²) in [6.07, 6.45) is -7.36. The van der Waals surface area contributed by atoms with Gasteiger partial charge in [-0.3, -0.25) is 9.59 Å². The first kappa shape index (κ1) is 34.3. The average Bonchev–Trinajstić information content (AvgIpc) is 3.90. The number of rotatable bonds is 7. The van der Waals surface area contributed by atoms with E-state index in [0.717, 1.165) is 44.3 Å². The molecular weight excluding hydrogens is 715 g/mol. The number of carbonyl (C=O) groups excluding carboxylic acids is 2. The Morgan fingerprint density at radius 3 is 2.04 bits per heavy atom. The molecule has 0 aliphatic carbocycles. The highest BCUT2D eigenvalue weighted by Crippen LogP contribution is 2.47. The van der Waals surface area contributed by atoms with Crippen LogP contribution in [-0.4, -0.2) is 94.4 Å². The average molecular weight is 749 g/mol. The third-order valence-corrected chi connectivity index (χ3v) is 11.9. The summed E-state index contributed by atoms with van der Waals surface area (Å²) in [5.41, 5.74) is 3.19. The van der Waals surface area contributed by atoms with Gasteiger partial charge in [-0.15, -0.1) is 34.5 Å². The minimum absolute atomic E-state index is 0.0472. The molecule has 8 rings (SSSR count). The topological polar surface area (TPSA) is 140 Å². The van der Waals surface area contributed by atoms with E-state index in [-0.39, 0.29) is 41.8 Å². The molecule has 3 aliphatic rings. The van der Waals surface area contributed by atoms with Crippen molar-refractivity contribution >= 4 is 79.3 Å². The van der Waals surface area contributed by atoms with E-state index in [1.807, 2.05) is 54.6 Å². The summed E-state index contributed by atoms with van der Waals surface area (Å²) in [5, 5.41) is 44.5. The SMILES string of the molecule is O=C(c1ccc(C(=O)N2C[C@@H](CCl)c3c2cc(O[C@@H]2O[C@H](CO)[C@H](O)[C@@H](O)[C@@H]2O)c2ccccc32)s1)N1C[C@@H](CCl)c2c1c[c]c1ccccc21. The lowest BCUT2D eigenvalue weighted by atomic mass is 9.95. The van der Waals surface area contributed by atoms with Crippen molar-refractivity contribution in [3.63, 3.8) is 0 Å². The van der Waals surface area contributed by atoms with E-state index in [9.17, 15) is 30.0 Å². The first-order chi connectivity index (χ1) is 24.7. The number of ether oxygens (including phenoxy) is 2. The molecule has 3 aliphatic heterocycles. The van der Waals surface area contributed by atoms with E-state index in [4.69, 9.17) is 32.7 Å². The van der Waals surface area contributed by atoms with Gasteiger partial charge in [0.05, 0.1) is 22.0 Å². The fourth-order valence-corrected chi connectivity index (χ4v) is 8.95. The van der Waals surface area contributed by atoms with Crippen molar-refractivity contribution in [3.8, 4) is 5.75 Å². The van der Waals surface area contributed by atoms with Gasteiger partial charge in [0.2, 0.25) is 6.29 Å². The van der Waals surface area contributed by atoms with Crippen LogP contribution in [-0.2, 0) is 4.74 Å². The number of nitrogens with zero attached hydrogens (tertiary/aromatic N) is 2. The summed E-state index contributed by atoms with van der Waals surface area (Å²) in [5.74, 6) is 0.0522. The number of benzene rings is 4. The smallest absolute Gasteiger partial charge is 0.268 e. The molecule has 0 saturated carbocycles. The van der Waals surface area contributed by atoms with Crippen molar-refractivity contribution in [3.05, 3.63) is 99.7 Å². The molecule has 0 unspecified atom stereocenters. The first-order valence-corrected chi connectivity index (χ1v) is 18.4. The second-order valence-electron chi connectivity index (χ2n) is 13.0. The van der Waals surface area contributed by atoms with Gasteiger partial charge >= 0.3 is 0 Å². The zero-order valence-electron chi connectivity index (χ0n) is 27.0. The van der Waals surface area contributed by atoms with Crippen molar-refractivity contribution < 1.29 is 39.5 Å². The van der Waals surface area contributed by atoms with Gasteiger partial charge in [0, 0.05) is 53.8 Å². The maximum Gasteiger partial charge on any atom is 0.268 e. The van der Waals surface area contributed by atoms with Crippen LogP contribution in [0.5, 0.6) is 5.75 Å². The molecule has 4 N–H and O–H groups in total. The lowest BCUT2D eigenvalue weighted by Gasteiger charge is -2.39. The predicted octanol–water partition coefficient (Wildman–Crippen LogP) is 5.00. The quantitative estimate of drug-likeness (QED) is 0.171. The van der Waals surface area contributed by atoms with Crippen molar-refractivity contribution in [2.75, 3.05) is 41.3 Å². The largest absolute Gasteiger partial charge is 0.461 e. The summed E-state index contributed by atoms with van der Waals surface area (Å²) in [6, 6.07) is 25.5. The standard InChI is InChI=1S/C38H33Cl2N2O8S/c39-14-20-16-41(25-10-9-19-5-1-2-6-22(19)31(20)25)36(47)29-11-12-30(51-29)37(48)42-17-21(15-40)32-24-8-4-3-7-23(24)27(13-26(32)42)49-38-35(46)34(45)33(44)28(18-43)50-38/h1-8,10-13,20-21,28,33-35,38,43-46H,14-18H2/t20-,21-,28-,33+,34-,35+,38-/m1/s1. The number of alkyl halides is 2. The molecule has 4 aromatic carbocycles. The number of amides is 2. The van der Waals surface area contributed by atoms with Crippen LogP contribution in [0.3, 0.4) is 0 Å². The first-order valence-electron chi connectivity index (χ1n) is 16.6. The molecule has 1 radical (unpaired) electrons. The van der Waals surface area contributed by atoms with Crippen molar-refractivity contribution in [2.45, 2.75) is 42.5 Å². The number of anilines is 2. The molecule has 13 heteroatoms. The van der Waals surface area contributed by atoms with Crippen LogP contribution >= 0.6 is 34.5 Å². The number of halogens is 2. The Morgan fingerprint density at radius 2 is 1.39 bits per heavy atom. The molecule has 4 heterocycles. The number of hydrogen-bond donors (Lipinski definition) is 4. The second kappa shape index (κ2) is 13.6. The summed E-state index contributed by atoms with van der Waals surface area (Å²) < 4.78 is 11.8. The Bertz CT molecular complexity index is 2160. The van der Waals surface area contributed by atoms with E-state index in [1.54, 1.807) is 28.0 Å². The number of fused-ring (bicyclic) bond motifs is 6. The summed E-state index contributed by atoms with van der Waals surface area (Å²) in [7, 11) is 0. The Morgan fingerprint density at radius 1 is 0.804 bits per heavy atom. The Hall–Kier alpha value is -3.78. The number of aliphatic hydroxyl groups is 4. The van der Waals surface area contributed by atoms with Crippen LogP contribution < -0.4 is 14.5 Å². The normalized spacial score (nSPS) is 25.7. The minimum Gasteiger partial charge on any atom is -0.461 e. The van der Waals surface area contributed by atoms with E-state index in [2.05, 4.69) is 6.07 Å². The highest BCUT2D eigenvalue weighted by molar-refractivity contribution is 7.16. The molecule has 1 fully saturated rings. The highest BCUT2D eigenvalue weighted by Gasteiger charge is 2.45. The van der Waals surface area contributed by atoms with Gasteiger partial charge in [-0.1, -0.05) is 48.5 Å². The van der Waals surface area contributed by atoms with E-state index < -0.39 is 37.3 Å². The molecule has 0 spiro atoms. The molecule has 10 nitrogen and oxygen atoms in total. The molecule has 2 amide bonds. The zero-order valence-corrected chi connectivity index (χ0v) is 29.3. The fourth-order valence-electron chi connectivity index (χ4n) is 7.54. The van der Waals surface area contributed by atoms with Gasteiger partial charge in [0.15, 0.2) is 0 Å². The Balaban J connectivity index is 1.11. The Kier molecular flexibility index (Phi) is 9.18. The summed E-state index contributed by atoms with van der Waals surface area (Å²) >= 11 is 14.0. The van der Waals surface area contributed by atoms with Crippen LogP contribution in [0.25, 0.3) is 21.5 Å². The van der Waals surface area contributed by atoms with Crippen LogP contribution in [0.15, 0.2) is 72.8 Å². The maximum atomic E-state index is 14.3.